The molecule has 30 valence electrons. The van der Waals surface area contributed by atoms with Crippen LogP contribution in [0.3, 0.4) is 0 Å². The molecule has 2 nitrogen and oxygen atoms in total. The molecule has 0 spiro atoms. The third-order valence-corrected chi connectivity index (χ3v) is 0.109. The smallest absolute Gasteiger partial charge is 0.547 e. The van der Waals surface area contributed by atoms with Crippen LogP contribution in [0.2, 0.25) is 0 Å². The molecule has 0 aromatic rings. The summed E-state index contributed by atoms with van der Waals surface area (Å²) in [6.07, 6.45) is 0. The van der Waals surface area contributed by atoms with Gasteiger partial charge in [-0.3, -0.25) is 0 Å². The fourth-order valence-electron chi connectivity index (χ4n) is 0. The zero-order chi connectivity index (χ0) is 4.28. The maximum absolute atomic E-state index is 10.5. The molecule has 6 heavy (non-hydrogen) atoms. The molecule has 0 aliphatic heterocycles. The van der Waals surface area contributed by atoms with Crippen LogP contribution in [0.1, 0.15) is 0 Å². The van der Waals surface area contributed by atoms with Crippen molar-refractivity contribution >= 4 is 5.97 Å². The standard InChI is InChI=1S/C2H3FO2.Li/c3-1-2(4)5;/h1H2,(H,4,5);/q;+1/p-1. The van der Waals surface area contributed by atoms with Crippen molar-refractivity contribution in [2.45, 2.75) is 0 Å². The molecule has 0 unspecified atom stereocenters. The van der Waals surface area contributed by atoms with Crippen LogP contribution in [0.5, 0.6) is 0 Å². The van der Waals surface area contributed by atoms with E-state index < -0.39 is 12.6 Å². The number of carbonyl (C=O) groups excluding carboxylic acids is 1. The van der Waals surface area contributed by atoms with Crippen LogP contribution in [-0.4, -0.2) is 12.6 Å². The molecule has 4 heteroatoms. The first kappa shape index (κ1) is 9.37. The van der Waals surface area contributed by atoms with Crippen molar-refractivity contribution < 1.29 is 33.2 Å². The summed E-state index contributed by atoms with van der Waals surface area (Å²) in [5.74, 6) is -1.66. The second kappa shape index (κ2) is 5.00. The van der Waals surface area contributed by atoms with Crippen LogP contribution in [-0.2, 0) is 4.79 Å². The van der Waals surface area contributed by atoms with Crippen molar-refractivity contribution in [1.82, 2.24) is 0 Å². The van der Waals surface area contributed by atoms with E-state index in [-0.39, 0.29) is 18.9 Å². The van der Waals surface area contributed by atoms with Crippen LogP contribution >= 0.6 is 0 Å². The largest absolute Gasteiger partial charge is 1.00 e. The fraction of sp³-hybridized carbons (Fsp3) is 0.500. The Morgan fingerprint density at radius 3 is 2.00 bits per heavy atom. The quantitative estimate of drug-likeness (QED) is 0.301. The van der Waals surface area contributed by atoms with Crippen LogP contribution in [0.25, 0.3) is 0 Å². The minimum Gasteiger partial charge on any atom is -0.547 e. The predicted molar refractivity (Wildman–Crippen MR) is 11.0 cm³/mol. The van der Waals surface area contributed by atoms with Gasteiger partial charge in [-0.25, -0.2) is 4.39 Å². The van der Waals surface area contributed by atoms with E-state index in [9.17, 15) is 4.39 Å². The van der Waals surface area contributed by atoms with Gasteiger partial charge in [0.1, 0.15) is 6.67 Å². The molecule has 0 N–H and O–H groups in total. The second-order valence-electron chi connectivity index (χ2n) is 0.506. The maximum atomic E-state index is 10.5. The molecular weight excluding hydrogens is 82.0 g/mol. The summed E-state index contributed by atoms with van der Waals surface area (Å²) in [5.41, 5.74) is 0. The van der Waals surface area contributed by atoms with Crippen molar-refractivity contribution in [3.63, 3.8) is 0 Å². The van der Waals surface area contributed by atoms with E-state index in [0.29, 0.717) is 0 Å². The van der Waals surface area contributed by atoms with Crippen LogP contribution in [0.15, 0.2) is 0 Å². The maximum Gasteiger partial charge on any atom is 1.00 e. The second-order valence-corrected chi connectivity index (χ2v) is 0.506. The Balaban J connectivity index is 0. The Hall–Kier alpha value is -0.00260. The molecule has 0 bridgehead atoms. The van der Waals surface area contributed by atoms with Gasteiger partial charge in [0.25, 0.3) is 0 Å². The summed E-state index contributed by atoms with van der Waals surface area (Å²) in [6.45, 7) is -1.39. The number of carboxylic acid groups (broad SMARTS) is 1. The summed E-state index contributed by atoms with van der Waals surface area (Å²) in [5, 5.41) is 8.88. The van der Waals surface area contributed by atoms with E-state index in [1.807, 2.05) is 0 Å². The first-order valence-corrected chi connectivity index (χ1v) is 1.03. The van der Waals surface area contributed by atoms with Gasteiger partial charge >= 0.3 is 18.9 Å². The Morgan fingerprint density at radius 1 is 1.83 bits per heavy atom. The predicted octanol–water partition coefficient (Wildman–Crippen LogP) is -4.29. The van der Waals surface area contributed by atoms with Gasteiger partial charge in [0.05, 0.1) is 5.97 Å². The molecule has 0 saturated heterocycles. The summed E-state index contributed by atoms with van der Waals surface area (Å²) < 4.78 is 10.5. The molecule has 0 heterocycles. The first-order chi connectivity index (χ1) is 2.27. The molecule has 0 rings (SSSR count). The third kappa shape index (κ3) is 9.00. The molecule has 0 aromatic heterocycles. The van der Waals surface area contributed by atoms with Crippen LogP contribution < -0.4 is 24.0 Å². The van der Waals surface area contributed by atoms with Gasteiger partial charge in [-0.2, -0.15) is 0 Å². The SMILES string of the molecule is O=C([O-])CF.[Li+]. The molecular formula is C2H2FLiO2. The molecule has 0 aliphatic rings. The number of rotatable bonds is 1. The van der Waals surface area contributed by atoms with Gasteiger partial charge in [0, 0.05) is 0 Å². The van der Waals surface area contributed by atoms with E-state index in [2.05, 4.69) is 0 Å². The van der Waals surface area contributed by atoms with Crippen molar-refractivity contribution in [2.24, 2.45) is 0 Å². The zero-order valence-electron chi connectivity index (χ0n) is 3.40. The monoisotopic (exact) mass is 84.0 g/mol. The summed E-state index contributed by atoms with van der Waals surface area (Å²) in [7, 11) is 0. The first-order valence-electron chi connectivity index (χ1n) is 1.03. The Kier molecular flexibility index (Phi) is 7.81. The number of carboxylic acids is 1. The molecule has 0 saturated carbocycles. The van der Waals surface area contributed by atoms with E-state index in [0.717, 1.165) is 0 Å². The summed E-state index contributed by atoms with van der Waals surface area (Å²) in [4.78, 5) is 8.88. The van der Waals surface area contributed by atoms with Crippen molar-refractivity contribution in [2.75, 3.05) is 6.67 Å². The van der Waals surface area contributed by atoms with Crippen molar-refractivity contribution in [1.29, 1.82) is 0 Å². The van der Waals surface area contributed by atoms with Gasteiger partial charge in [0.2, 0.25) is 0 Å². The zero-order valence-corrected chi connectivity index (χ0v) is 3.40. The van der Waals surface area contributed by atoms with Crippen molar-refractivity contribution in [3.05, 3.63) is 0 Å². The van der Waals surface area contributed by atoms with Crippen LogP contribution in [0.4, 0.5) is 4.39 Å². The fourth-order valence-corrected chi connectivity index (χ4v) is 0. The molecule has 0 radical (unpaired) electrons. The van der Waals surface area contributed by atoms with Gasteiger partial charge in [-0.15, -0.1) is 0 Å². The van der Waals surface area contributed by atoms with E-state index in [1.165, 1.54) is 0 Å². The number of carbonyl (C=O) groups is 1. The number of hydrogen-bond acceptors (Lipinski definition) is 2. The Morgan fingerprint density at radius 2 is 2.00 bits per heavy atom. The van der Waals surface area contributed by atoms with E-state index in [4.69, 9.17) is 9.90 Å². The van der Waals surface area contributed by atoms with E-state index in [1.54, 1.807) is 0 Å². The molecule has 0 fully saturated rings. The average Bonchev–Trinajstić information content (AvgIpc) is 1.38. The van der Waals surface area contributed by atoms with Crippen molar-refractivity contribution in [3.8, 4) is 0 Å². The minimum atomic E-state index is -1.66. The summed E-state index contributed by atoms with van der Waals surface area (Å²) >= 11 is 0. The molecule has 0 aliphatic carbocycles. The number of hydrogen-bond donors (Lipinski definition) is 0. The Bertz CT molecular complexity index is 46.8. The minimum absolute atomic E-state index is 0. The van der Waals surface area contributed by atoms with E-state index >= 15 is 0 Å². The third-order valence-electron chi connectivity index (χ3n) is 0.109. The summed E-state index contributed by atoms with van der Waals surface area (Å²) in [6, 6.07) is 0. The number of aliphatic carboxylic acids is 1. The van der Waals surface area contributed by atoms with Gasteiger partial charge in [-0.05, 0) is 0 Å². The molecule has 0 atom stereocenters. The number of alkyl halides is 1. The van der Waals surface area contributed by atoms with Gasteiger partial charge in [0.15, 0.2) is 0 Å². The van der Waals surface area contributed by atoms with Gasteiger partial charge < -0.3 is 9.90 Å². The van der Waals surface area contributed by atoms with Gasteiger partial charge in [-0.1, -0.05) is 0 Å². The normalized spacial score (nSPS) is 6.17. The number of halogens is 1. The van der Waals surface area contributed by atoms with Crippen LogP contribution in [0, 0.1) is 0 Å². The Labute approximate surface area is 46.5 Å². The average molecular weight is 84.0 g/mol. The molecule has 0 aromatic carbocycles. The topological polar surface area (TPSA) is 40.1 Å². The molecule has 0 amide bonds.